The summed E-state index contributed by atoms with van der Waals surface area (Å²) in [6, 6.07) is 8.19. The fourth-order valence-corrected chi connectivity index (χ4v) is 2.36. The number of halogens is 1. The van der Waals surface area contributed by atoms with Gasteiger partial charge in [0.25, 0.3) is 0 Å². The number of thioether (sulfide) groups is 1. The summed E-state index contributed by atoms with van der Waals surface area (Å²) in [6.07, 6.45) is 2.16. The minimum Gasteiger partial charge on any atom is -0.327 e. The van der Waals surface area contributed by atoms with E-state index in [4.69, 9.17) is 17.3 Å². The highest BCUT2D eigenvalue weighted by molar-refractivity contribution is 7.99. The van der Waals surface area contributed by atoms with E-state index >= 15 is 0 Å². The van der Waals surface area contributed by atoms with Crippen molar-refractivity contribution < 1.29 is 0 Å². The molecule has 1 aromatic carbocycles. The molecule has 1 atom stereocenters. The van der Waals surface area contributed by atoms with Gasteiger partial charge < -0.3 is 5.73 Å². The number of nitrogens with two attached hydrogens (primary N) is 1. The molecule has 1 aromatic rings. The fourth-order valence-electron chi connectivity index (χ4n) is 1.36. The lowest BCUT2D eigenvalue weighted by Gasteiger charge is -2.10. The van der Waals surface area contributed by atoms with E-state index in [1.807, 2.05) is 36.0 Å². The van der Waals surface area contributed by atoms with Crippen LogP contribution in [0, 0.1) is 0 Å². The first-order valence-corrected chi connectivity index (χ1v) is 6.83. The highest BCUT2D eigenvalue weighted by Crippen LogP contribution is 2.12. The average molecular weight is 244 g/mol. The first-order chi connectivity index (χ1) is 7.22. The number of hydrogen-bond acceptors (Lipinski definition) is 2. The van der Waals surface area contributed by atoms with E-state index in [1.165, 1.54) is 17.7 Å². The zero-order valence-corrected chi connectivity index (χ0v) is 10.7. The summed E-state index contributed by atoms with van der Waals surface area (Å²) in [5.74, 6) is 2.24. The van der Waals surface area contributed by atoms with E-state index in [2.05, 4.69) is 6.92 Å². The van der Waals surface area contributed by atoms with Crippen molar-refractivity contribution in [1.82, 2.24) is 0 Å². The van der Waals surface area contributed by atoms with Gasteiger partial charge in [-0.05, 0) is 36.3 Å². The Balaban J connectivity index is 2.31. The lowest BCUT2D eigenvalue weighted by atomic mass is 10.1. The van der Waals surface area contributed by atoms with Crippen LogP contribution >= 0.6 is 23.4 Å². The van der Waals surface area contributed by atoms with Crippen LogP contribution in [0.3, 0.4) is 0 Å². The zero-order valence-electron chi connectivity index (χ0n) is 9.08. The Labute approximate surface area is 101 Å². The number of benzene rings is 1. The second kappa shape index (κ2) is 7.15. The van der Waals surface area contributed by atoms with Gasteiger partial charge >= 0.3 is 0 Å². The molecule has 0 saturated carbocycles. The van der Waals surface area contributed by atoms with Gasteiger partial charge in [-0.2, -0.15) is 11.8 Å². The normalized spacial score (nSPS) is 12.7. The zero-order chi connectivity index (χ0) is 11.1. The van der Waals surface area contributed by atoms with E-state index in [1.54, 1.807) is 0 Å². The largest absolute Gasteiger partial charge is 0.327 e. The molecular formula is C12H18ClNS. The smallest absolute Gasteiger partial charge is 0.0406 e. The van der Waals surface area contributed by atoms with E-state index in [-0.39, 0.29) is 6.04 Å². The van der Waals surface area contributed by atoms with Crippen LogP contribution in [-0.4, -0.2) is 17.5 Å². The molecule has 0 saturated heterocycles. The highest BCUT2D eigenvalue weighted by atomic mass is 35.5. The molecule has 0 radical (unpaired) electrons. The Hall–Kier alpha value is -0.180. The van der Waals surface area contributed by atoms with Gasteiger partial charge in [-0.15, -0.1) is 0 Å². The van der Waals surface area contributed by atoms with Crippen molar-refractivity contribution in [3.8, 4) is 0 Å². The second-order valence-electron chi connectivity index (χ2n) is 3.67. The van der Waals surface area contributed by atoms with Crippen molar-refractivity contribution in [3.63, 3.8) is 0 Å². The second-order valence-corrected chi connectivity index (χ2v) is 5.25. The van der Waals surface area contributed by atoms with Crippen molar-refractivity contribution in [2.75, 3.05) is 11.5 Å². The monoisotopic (exact) mass is 243 g/mol. The van der Waals surface area contributed by atoms with Gasteiger partial charge in [0.1, 0.15) is 0 Å². The quantitative estimate of drug-likeness (QED) is 0.776. The molecule has 1 nitrogen and oxygen atoms in total. The summed E-state index contributed by atoms with van der Waals surface area (Å²) in [5, 5.41) is 0.785. The summed E-state index contributed by atoms with van der Waals surface area (Å²) in [7, 11) is 0. The minimum atomic E-state index is 0.253. The average Bonchev–Trinajstić information content (AvgIpc) is 2.22. The van der Waals surface area contributed by atoms with Crippen LogP contribution in [0.5, 0.6) is 0 Å². The molecule has 0 aliphatic heterocycles. The SMILES string of the molecule is CCCSCC(N)Cc1ccc(Cl)cc1. The lowest BCUT2D eigenvalue weighted by molar-refractivity contribution is 0.748. The predicted molar refractivity (Wildman–Crippen MR) is 70.7 cm³/mol. The van der Waals surface area contributed by atoms with Crippen molar-refractivity contribution in [2.45, 2.75) is 25.8 Å². The molecule has 0 amide bonds. The van der Waals surface area contributed by atoms with Gasteiger partial charge in [0, 0.05) is 16.8 Å². The van der Waals surface area contributed by atoms with Crippen LogP contribution in [0.25, 0.3) is 0 Å². The Kier molecular flexibility index (Phi) is 6.15. The van der Waals surface area contributed by atoms with Crippen molar-refractivity contribution in [1.29, 1.82) is 0 Å². The Morgan fingerprint density at radius 2 is 2.00 bits per heavy atom. The summed E-state index contributed by atoms with van der Waals surface area (Å²) in [6.45, 7) is 2.19. The molecular weight excluding hydrogens is 226 g/mol. The van der Waals surface area contributed by atoms with Gasteiger partial charge in [0.2, 0.25) is 0 Å². The van der Waals surface area contributed by atoms with E-state index < -0.39 is 0 Å². The van der Waals surface area contributed by atoms with Crippen LogP contribution in [0.2, 0.25) is 5.02 Å². The molecule has 3 heteroatoms. The van der Waals surface area contributed by atoms with Crippen molar-refractivity contribution in [2.24, 2.45) is 5.73 Å². The maximum absolute atomic E-state index is 6.03. The van der Waals surface area contributed by atoms with Crippen LogP contribution in [0.1, 0.15) is 18.9 Å². The minimum absolute atomic E-state index is 0.253. The maximum Gasteiger partial charge on any atom is 0.0406 e. The molecule has 0 bridgehead atoms. The standard InChI is InChI=1S/C12H18ClNS/c1-2-7-15-9-12(14)8-10-3-5-11(13)6-4-10/h3-6,12H,2,7-9,14H2,1H3. The Morgan fingerprint density at radius 1 is 1.33 bits per heavy atom. The fraction of sp³-hybridized carbons (Fsp3) is 0.500. The van der Waals surface area contributed by atoms with Crippen LogP contribution in [0.15, 0.2) is 24.3 Å². The van der Waals surface area contributed by atoms with E-state index in [0.717, 1.165) is 17.2 Å². The summed E-state index contributed by atoms with van der Waals surface area (Å²) in [4.78, 5) is 0. The van der Waals surface area contributed by atoms with E-state index in [9.17, 15) is 0 Å². The van der Waals surface area contributed by atoms with Gasteiger partial charge in [-0.1, -0.05) is 30.7 Å². The van der Waals surface area contributed by atoms with Crippen molar-refractivity contribution >= 4 is 23.4 Å². The maximum atomic E-state index is 6.03. The molecule has 0 aliphatic carbocycles. The third-order valence-electron chi connectivity index (χ3n) is 2.09. The molecule has 2 N–H and O–H groups in total. The highest BCUT2D eigenvalue weighted by Gasteiger charge is 2.03. The Bertz CT molecular complexity index is 273. The summed E-state index contributed by atoms with van der Waals surface area (Å²) in [5.41, 5.74) is 7.30. The lowest BCUT2D eigenvalue weighted by Crippen LogP contribution is -2.25. The molecule has 0 spiro atoms. The van der Waals surface area contributed by atoms with Crippen LogP contribution in [-0.2, 0) is 6.42 Å². The van der Waals surface area contributed by atoms with Crippen molar-refractivity contribution in [3.05, 3.63) is 34.9 Å². The molecule has 0 aliphatic rings. The predicted octanol–water partition coefficient (Wildman–Crippen LogP) is 3.35. The van der Waals surface area contributed by atoms with Crippen LogP contribution < -0.4 is 5.73 Å². The third kappa shape index (κ3) is 5.45. The summed E-state index contributed by atoms with van der Waals surface area (Å²) >= 11 is 7.75. The number of rotatable bonds is 6. The first-order valence-electron chi connectivity index (χ1n) is 5.30. The summed E-state index contributed by atoms with van der Waals surface area (Å²) < 4.78 is 0. The third-order valence-corrected chi connectivity index (χ3v) is 3.70. The molecule has 15 heavy (non-hydrogen) atoms. The molecule has 0 fully saturated rings. The first kappa shape index (κ1) is 12.9. The molecule has 1 rings (SSSR count). The van der Waals surface area contributed by atoms with Gasteiger partial charge in [0.15, 0.2) is 0 Å². The Morgan fingerprint density at radius 3 is 2.60 bits per heavy atom. The molecule has 0 heterocycles. The van der Waals surface area contributed by atoms with Gasteiger partial charge in [-0.25, -0.2) is 0 Å². The molecule has 0 aromatic heterocycles. The molecule has 1 unspecified atom stereocenters. The number of hydrogen-bond donors (Lipinski definition) is 1. The van der Waals surface area contributed by atoms with Gasteiger partial charge in [0.05, 0.1) is 0 Å². The topological polar surface area (TPSA) is 26.0 Å². The van der Waals surface area contributed by atoms with Gasteiger partial charge in [-0.3, -0.25) is 0 Å². The molecule has 84 valence electrons. The van der Waals surface area contributed by atoms with E-state index in [0.29, 0.717) is 0 Å². The van der Waals surface area contributed by atoms with Crippen LogP contribution in [0.4, 0.5) is 0 Å².